The zero-order valence-corrected chi connectivity index (χ0v) is 27.8. The second-order valence-corrected chi connectivity index (χ2v) is 13.8. The van der Waals surface area contributed by atoms with Crippen LogP contribution in [-0.4, -0.2) is 79.0 Å². The smallest absolute Gasteiger partial charge is 0.257 e. The summed E-state index contributed by atoms with van der Waals surface area (Å²) in [5, 5.41) is 11.8. The molecular formula is C37H45ClN2O6. The van der Waals surface area contributed by atoms with Crippen molar-refractivity contribution in [3.8, 4) is 23.0 Å². The molecule has 3 aliphatic rings. The van der Waals surface area contributed by atoms with Crippen molar-refractivity contribution in [1.82, 2.24) is 9.80 Å². The highest BCUT2D eigenvalue weighted by atomic mass is 35.5. The number of carbonyl (C=O) groups is 1. The monoisotopic (exact) mass is 648 g/mol. The third kappa shape index (κ3) is 7.56. The normalized spacial score (nSPS) is 19.6. The van der Waals surface area contributed by atoms with Crippen molar-refractivity contribution < 1.29 is 28.8 Å². The number of methoxy groups -OCH3 is 1. The zero-order chi connectivity index (χ0) is 32.3. The lowest BCUT2D eigenvalue weighted by Gasteiger charge is -2.39. The number of nitrogens with zero attached hydrogens (tertiary/aromatic N) is 2. The van der Waals surface area contributed by atoms with E-state index in [4.69, 9.17) is 30.5 Å². The molecule has 2 atom stereocenters. The van der Waals surface area contributed by atoms with Crippen LogP contribution in [0, 0.1) is 11.8 Å². The molecular weight excluding hydrogens is 604 g/mol. The van der Waals surface area contributed by atoms with Crippen LogP contribution >= 0.6 is 11.6 Å². The number of hydrogen-bond acceptors (Lipinski definition) is 7. The molecule has 46 heavy (non-hydrogen) atoms. The zero-order valence-electron chi connectivity index (χ0n) is 27.0. The van der Waals surface area contributed by atoms with Crippen LogP contribution in [0.1, 0.15) is 54.6 Å². The van der Waals surface area contributed by atoms with Gasteiger partial charge < -0.3 is 33.9 Å². The number of likely N-dealkylation sites (tertiary alicyclic amines) is 2. The van der Waals surface area contributed by atoms with E-state index in [1.54, 1.807) is 19.2 Å². The maximum atomic E-state index is 13.7. The molecule has 0 aliphatic carbocycles. The topological polar surface area (TPSA) is 80.7 Å². The third-order valence-corrected chi connectivity index (χ3v) is 9.97. The molecule has 0 aromatic heterocycles. The second-order valence-electron chi connectivity index (χ2n) is 13.3. The molecule has 1 amide bonds. The van der Waals surface area contributed by atoms with E-state index in [9.17, 15) is 9.90 Å². The minimum Gasteiger partial charge on any atom is -0.497 e. The molecule has 3 aromatic carbocycles. The molecule has 1 spiro atoms. The number of hydrogen-bond donors (Lipinski definition) is 1. The average molecular weight is 649 g/mol. The van der Waals surface area contributed by atoms with Gasteiger partial charge in [-0.2, -0.15) is 0 Å². The standard InChI is InChI=1S/C37H45ClN2O6/c1-25(2)27-12-15-40(21-27)36(42)33-10-9-32(44-23-26-4-7-31(43-3)8-5-26)19-35(33)45-24-30(41)22-39-16-13-37(14-17-39)20-28-18-29(38)6-11-34(28)46-37/h4-11,18-19,25,27,30,41H,12-17,20-24H2,1-3H3/t27-,30-/m0/s1. The SMILES string of the molecule is COc1ccc(COc2ccc(C(=O)N3CC[C@H](C(C)C)C3)c(OC[C@@H](O)CN3CCC4(CC3)Cc3cc(Cl)ccc3O4)c2)cc1. The summed E-state index contributed by atoms with van der Waals surface area (Å²) in [4.78, 5) is 17.9. The molecule has 0 radical (unpaired) electrons. The van der Waals surface area contributed by atoms with Gasteiger partial charge in [-0.05, 0) is 71.8 Å². The molecule has 1 N–H and O–H groups in total. The van der Waals surface area contributed by atoms with Gasteiger partial charge in [0.15, 0.2) is 0 Å². The van der Waals surface area contributed by atoms with Crippen molar-refractivity contribution in [3.63, 3.8) is 0 Å². The van der Waals surface area contributed by atoms with Crippen LogP contribution in [0.15, 0.2) is 60.7 Å². The van der Waals surface area contributed by atoms with E-state index in [2.05, 4.69) is 18.7 Å². The number of aliphatic hydroxyl groups is 1. The summed E-state index contributed by atoms with van der Waals surface area (Å²) in [7, 11) is 1.64. The number of ether oxygens (including phenoxy) is 4. The lowest BCUT2D eigenvalue weighted by atomic mass is 9.87. The Kier molecular flexibility index (Phi) is 9.97. The second kappa shape index (κ2) is 14.1. The van der Waals surface area contributed by atoms with Gasteiger partial charge in [0.1, 0.15) is 47.9 Å². The fraction of sp³-hybridized carbons (Fsp3) is 0.486. The van der Waals surface area contributed by atoms with E-state index in [1.165, 1.54) is 5.56 Å². The molecule has 0 bridgehead atoms. The molecule has 0 unspecified atom stereocenters. The molecule has 0 saturated carbocycles. The van der Waals surface area contributed by atoms with Crippen LogP contribution in [0.3, 0.4) is 0 Å². The van der Waals surface area contributed by atoms with Crippen LogP contribution in [0.4, 0.5) is 0 Å². The Bertz CT molecular complexity index is 1500. The van der Waals surface area contributed by atoms with Gasteiger partial charge in [-0.3, -0.25) is 4.79 Å². The van der Waals surface area contributed by atoms with Crippen molar-refractivity contribution >= 4 is 17.5 Å². The molecule has 246 valence electrons. The highest BCUT2D eigenvalue weighted by Crippen LogP contribution is 2.42. The van der Waals surface area contributed by atoms with Gasteiger partial charge in [-0.25, -0.2) is 0 Å². The summed E-state index contributed by atoms with van der Waals surface area (Å²) in [6.45, 7) is 8.45. The first-order valence-corrected chi connectivity index (χ1v) is 16.8. The van der Waals surface area contributed by atoms with Crippen LogP contribution in [0.25, 0.3) is 0 Å². The van der Waals surface area contributed by atoms with Crippen molar-refractivity contribution in [2.45, 2.75) is 57.8 Å². The van der Waals surface area contributed by atoms with Crippen LogP contribution in [-0.2, 0) is 13.0 Å². The van der Waals surface area contributed by atoms with Gasteiger partial charge in [-0.1, -0.05) is 37.6 Å². The third-order valence-electron chi connectivity index (χ3n) is 9.73. The van der Waals surface area contributed by atoms with E-state index >= 15 is 0 Å². The van der Waals surface area contributed by atoms with Crippen LogP contribution in [0.2, 0.25) is 5.02 Å². The number of aliphatic hydroxyl groups excluding tert-OH is 1. The fourth-order valence-electron chi connectivity index (χ4n) is 6.82. The molecule has 2 fully saturated rings. The number of amides is 1. The minimum absolute atomic E-state index is 0.0467. The van der Waals surface area contributed by atoms with E-state index in [1.807, 2.05) is 53.4 Å². The average Bonchev–Trinajstić information content (AvgIpc) is 3.69. The van der Waals surface area contributed by atoms with E-state index in [0.717, 1.165) is 73.9 Å². The largest absolute Gasteiger partial charge is 0.497 e. The predicted octanol–water partition coefficient (Wildman–Crippen LogP) is 6.26. The molecule has 6 rings (SSSR count). The van der Waals surface area contributed by atoms with Crippen molar-refractivity contribution in [2.24, 2.45) is 11.8 Å². The number of β-amino-alcohol motifs (C(OH)–C–C–N with tert-alkyl or cyclic N) is 1. The fourth-order valence-corrected chi connectivity index (χ4v) is 7.02. The van der Waals surface area contributed by atoms with Crippen molar-refractivity contribution in [2.75, 3.05) is 46.4 Å². The highest BCUT2D eigenvalue weighted by Gasteiger charge is 2.42. The van der Waals surface area contributed by atoms with Gasteiger partial charge >= 0.3 is 0 Å². The Balaban J connectivity index is 1.07. The predicted molar refractivity (Wildman–Crippen MR) is 178 cm³/mol. The van der Waals surface area contributed by atoms with Crippen LogP contribution in [0.5, 0.6) is 23.0 Å². The van der Waals surface area contributed by atoms with Gasteiger partial charge in [-0.15, -0.1) is 0 Å². The van der Waals surface area contributed by atoms with Gasteiger partial charge in [0.05, 0.1) is 12.7 Å². The van der Waals surface area contributed by atoms with Crippen molar-refractivity contribution in [3.05, 3.63) is 82.4 Å². The summed E-state index contributed by atoms with van der Waals surface area (Å²) in [6.07, 6.45) is 2.91. The maximum absolute atomic E-state index is 13.7. The van der Waals surface area contributed by atoms with Gasteiger partial charge in [0.2, 0.25) is 0 Å². The molecule has 9 heteroatoms. The van der Waals surface area contributed by atoms with Crippen molar-refractivity contribution in [1.29, 1.82) is 0 Å². The number of piperidine rings is 1. The van der Waals surface area contributed by atoms with Crippen LogP contribution < -0.4 is 18.9 Å². The minimum atomic E-state index is -0.724. The molecule has 3 aliphatic heterocycles. The number of fused-ring (bicyclic) bond motifs is 1. The summed E-state index contributed by atoms with van der Waals surface area (Å²) in [5.41, 5.74) is 2.46. The lowest BCUT2D eigenvalue weighted by Crippen LogP contribution is -2.49. The Labute approximate surface area is 277 Å². The Morgan fingerprint density at radius 2 is 1.78 bits per heavy atom. The molecule has 2 saturated heterocycles. The first-order valence-electron chi connectivity index (χ1n) is 16.4. The molecule has 3 aromatic rings. The summed E-state index contributed by atoms with van der Waals surface area (Å²) >= 11 is 6.21. The summed E-state index contributed by atoms with van der Waals surface area (Å²) in [6, 6.07) is 18.9. The van der Waals surface area contributed by atoms with E-state index in [0.29, 0.717) is 42.0 Å². The highest BCUT2D eigenvalue weighted by molar-refractivity contribution is 6.30. The number of halogens is 1. The Morgan fingerprint density at radius 1 is 1.02 bits per heavy atom. The van der Waals surface area contributed by atoms with E-state index in [-0.39, 0.29) is 18.1 Å². The molecule has 8 nitrogen and oxygen atoms in total. The van der Waals surface area contributed by atoms with E-state index < -0.39 is 6.10 Å². The summed E-state index contributed by atoms with van der Waals surface area (Å²) < 4.78 is 23.9. The van der Waals surface area contributed by atoms with Gasteiger partial charge in [0, 0.05) is 63.1 Å². The first kappa shape index (κ1) is 32.5. The maximum Gasteiger partial charge on any atom is 0.257 e. The lowest BCUT2D eigenvalue weighted by molar-refractivity contribution is -0.00203. The number of rotatable bonds is 11. The van der Waals surface area contributed by atoms with Gasteiger partial charge in [0.25, 0.3) is 5.91 Å². The summed E-state index contributed by atoms with van der Waals surface area (Å²) in [5.74, 6) is 3.71. The number of benzene rings is 3. The Morgan fingerprint density at radius 3 is 2.50 bits per heavy atom. The first-order chi connectivity index (χ1) is 22.2. The quantitative estimate of drug-likeness (QED) is 0.263. The number of carbonyl (C=O) groups excluding carboxylic acids is 1. The molecule has 3 heterocycles. The Hall–Kier alpha value is -3.46.